The van der Waals surface area contributed by atoms with Crippen molar-refractivity contribution in [3.8, 4) is 0 Å². The van der Waals surface area contributed by atoms with Gasteiger partial charge in [-0.1, -0.05) is 23.5 Å². The van der Waals surface area contributed by atoms with Crippen LogP contribution >= 0.6 is 11.3 Å². The number of benzene rings is 1. The van der Waals surface area contributed by atoms with Gasteiger partial charge in [-0.2, -0.15) is 4.98 Å². The number of aromatic nitrogens is 3. The van der Waals surface area contributed by atoms with Crippen molar-refractivity contribution in [1.29, 1.82) is 0 Å². The van der Waals surface area contributed by atoms with Gasteiger partial charge < -0.3 is 19.4 Å². The van der Waals surface area contributed by atoms with E-state index in [1.165, 1.54) is 28.3 Å². The first-order chi connectivity index (χ1) is 15.6. The van der Waals surface area contributed by atoms with Crippen molar-refractivity contribution >= 4 is 38.4 Å². The molecule has 1 amide bonds. The summed E-state index contributed by atoms with van der Waals surface area (Å²) in [5.74, 6) is -0.418. The number of carbonyl (C=O) groups excluding carboxylic acids is 1. The van der Waals surface area contributed by atoms with Crippen molar-refractivity contribution in [2.75, 3.05) is 62.3 Å². The number of nitrogens with zero attached hydrogens (tertiary/aromatic N) is 6. The van der Waals surface area contributed by atoms with Gasteiger partial charge in [0.1, 0.15) is 23.4 Å². The van der Waals surface area contributed by atoms with E-state index in [0.29, 0.717) is 55.4 Å². The Labute approximate surface area is 187 Å². The second kappa shape index (κ2) is 8.83. The van der Waals surface area contributed by atoms with Crippen LogP contribution in [-0.2, 0) is 16.1 Å². The fraction of sp³-hybridized carbons (Fsp3) is 0.429. The number of fused-ring (bicyclic) bond motifs is 1. The second-order valence-corrected chi connectivity index (χ2v) is 8.72. The smallest absolute Gasteiger partial charge is 0.273 e. The third kappa shape index (κ3) is 4.05. The second-order valence-electron chi connectivity index (χ2n) is 7.75. The quantitative estimate of drug-likeness (QED) is 0.581. The Morgan fingerprint density at radius 1 is 1.06 bits per heavy atom. The highest BCUT2D eigenvalue weighted by Crippen LogP contribution is 2.26. The first-order valence-electron chi connectivity index (χ1n) is 10.6. The van der Waals surface area contributed by atoms with Crippen molar-refractivity contribution in [1.82, 2.24) is 19.4 Å². The molecular formula is C21H23FN6O3S. The first kappa shape index (κ1) is 20.8. The third-order valence-electron chi connectivity index (χ3n) is 5.79. The first-order valence-corrected chi connectivity index (χ1v) is 11.4. The normalized spacial score (nSPS) is 17.2. The summed E-state index contributed by atoms with van der Waals surface area (Å²) in [5.41, 5.74) is 0.695. The van der Waals surface area contributed by atoms with E-state index in [2.05, 4.69) is 14.9 Å². The molecule has 0 saturated carbocycles. The van der Waals surface area contributed by atoms with E-state index < -0.39 is 0 Å². The Balaban J connectivity index is 1.26. The number of hydrogen-bond donors (Lipinski definition) is 0. The van der Waals surface area contributed by atoms with E-state index in [4.69, 9.17) is 4.74 Å². The number of thiazole rings is 1. The maximum absolute atomic E-state index is 14.0. The largest absolute Gasteiger partial charge is 0.378 e. The maximum Gasteiger partial charge on any atom is 0.273 e. The zero-order valence-corrected chi connectivity index (χ0v) is 18.3. The summed E-state index contributed by atoms with van der Waals surface area (Å²) in [6.07, 6.45) is 1.39. The molecular weight excluding hydrogens is 435 g/mol. The Kier molecular flexibility index (Phi) is 5.75. The highest BCUT2D eigenvalue weighted by molar-refractivity contribution is 7.22. The van der Waals surface area contributed by atoms with Crippen LogP contribution in [0.3, 0.4) is 0 Å². The molecule has 0 unspecified atom stereocenters. The molecule has 9 nitrogen and oxygen atoms in total. The number of rotatable bonds is 4. The average molecular weight is 459 g/mol. The molecule has 11 heteroatoms. The number of halogens is 1. The number of amides is 1. The Hall–Kier alpha value is -3.05. The number of para-hydroxylation sites is 1. The summed E-state index contributed by atoms with van der Waals surface area (Å²) in [6.45, 7) is 4.66. The van der Waals surface area contributed by atoms with Gasteiger partial charge in [0, 0.05) is 39.3 Å². The molecule has 0 radical (unpaired) electrons. The summed E-state index contributed by atoms with van der Waals surface area (Å²) in [7, 11) is 0. The Morgan fingerprint density at radius 2 is 1.81 bits per heavy atom. The van der Waals surface area contributed by atoms with Crippen molar-refractivity contribution in [3.63, 3.8) is 0 Å². The van der Waals surface area contributed by atoms with Crippen molar-refractivity contribution in [3.05, 3.63) is 46.8 Å². The highest BCUT2D eigenvalue weighted by atomic mass is 32.1. The standard InChI is InChI=1S/C21H23FN6O3S/c22-15-3-1-2-4-16(15)25-5-7-26(8-6-25)17(29)13-28-14-23-19-18(20(28)30)32-21(24-19)27-9-11-31-12-10-27/h1-4,14H,5-13H2. The van der Waals surface area contributed by atoms with Gasteiger partial charge in [0.25, 0.3) is 5.56 Å². The van der Waals surface area contributed by atoms with Gasteiger partial charge in [-0.05, 0) is 12.1 Å². The Morgan fingerprint density at radius 3 is 2.56 bits per heavy atom. The molecule has 0 aliphatic carbocycles. The SMILES string of the molecule is O=C(Cn1cnc2nc(N3CCOCC3)sc2c1=O)N1CCN(c2ccccc2F)CC1. The van der Waals surface area contributed by atoms with Gasteiger partial charge in [-0.15, -0.1) is 0 Å². The van der Waals surface area contributed by atoms with E-state index in [0.717, 1.165) is 18.2 Å². The molecule has 1 aromatic carbocycles. The van der Waals surface area contributed by atoms with Gasteiger partial charge in [-0.3, -0.25) is 14.2 Å². The lowest BCUT2D eigenvalue weighted by Gasteiger charge is -2.36. The lowest BCUT2D eigenvalue weighted by atomic mass is 10.2. The van der Waals surface area contributed by atoms with Crippen LogP contribution in [0.25, 0.3) is 10.3 Å². The topological polar surface area (TPSA) is 83.8 Å². The molecule has 5 rings (SSSR count). The molecule has 2 aliphatic rings. The van der Waals surface area contributed by atoms with E-state index >= 15 is 0 Å². The van der Waals surface area contributed by atoms with Gasteiger partial charge in [-0.25, -0.2) is 9.37 Å². The molecule has 32 heavy (non-hydrogen) atoms. The van der Waals surface area contributed by atoms with E-state index in [1.54, 1.807) is 23.1 Å². The molecule has 0 bridgehead atoms. The molecule has 4 heterocycles. The number of anilines is 2. The molecule has 2 aliphatic heterocycles. The lowest BCUT2D eigenvalue weighted by molar-refractivity contribution is -0.132. The summed E-state index contributed by atoms with van der Waals surface area (Å²) in [4.78, 5) is 40.3. The van der Waals surface area contributed by atoms with Crippen molar-refractivity contribution in [2.24, 2.45) is 0 Å². The van der Waals surface area contributed by atoms with Crippen molar-refractivity contribution < 1.29 is 13.9 Å². The molecule has 3 aromatic rings. The average Bonchev–Trinajstić information content (AvgIpc) is 3.27. The predicted octanol–water partition coefficient (Wildman–Crippen LogP) is 1.18. The van der Waals surface area contributed by atoms with Crippen LogP contribution in [0.4, 0.5) is 15.2 Å². The van der Waals surface area contributed by atoms with Crippen LogP contribution in [-0.4, -0.2) is 77.8 Å². The van der Waals surface area contributed by atoms with Crippen LogP contribution in [0.1, 0.15) is 0 Å². The van der Waals surface area contributed by atoms with Crippen molar-refractivity contribution in [2.45, 2.75) is 6.54 Å². The summed E-state index contributed by atoms with van der Waals surface area (Å²) < 4.78 is 21.2. The molecule has 2 aromatic heterocycles. The highest BCUT2D eigenvalue weighted by Gasteiger charge is 2.24. The molecule has 168 valence electrons. The minimum Gasteiger partial charge on any atom is -0.378 e. The van der Waals surface area contributed by atoms with Crippen LogP contribution < -0.4 is 15.4 Å². The number of hydrogen-bond acceptors (Lipinski definition) is 8. The number of carbonyl (C=O) groups is 1. The zero-order valence-electron chi connectivity index (χ0n) is 17.4. The number of morpholine rings is 1. The van der Waals surface area contributed by atoms with Crippen LogP contribution in [0, 0.1) is 5.82 Å². The molecule has 2 saturated heterocycles. The third-order valence-corrected chi connectivity index (χ3v) is 6.88. The summed E-state index contributed by atoms with van der Waals surface area (Å²) in [5, 5.41) is 0.751. The molecule has 0 atom stereocenters. The van der Waals surface area contributed by atoms with E-state index in [1.807, 2.05) is 4.90 Å². The molecule has 2 fully saturated rings. The zero-order chi connectivity index (χ0) is 22.1. The summed E-state index contributed by atoms with van der Waals surface area (Å²) in [6, 6.07) is 6.64. The van der Waals surface area contributed by atoms with E-state index in [-0.39, 0.29) is 23.8 Å². The van der Waals surface area contributed by atoms with Crippen LogP contribution in [0.5, 0.6) is 0 Å². The minimum atomic E-state index is -0.265. The van der Waals surface area contributed by atoms with Gasteiger partial charge >= 0.3 is 0 Å². The van der Waals surface area contributed by atoms with Crippen LogP contribution in [0.15, 0.2) is 35.4 Å². The monoisotopic (exact) mass is 458 g/mol. The lowest BCUT2D eigenvalue weighted by Crippen LogP contribution is -2.50. The molecule has 0 N–H and O–H groups in total. The molecule has 0 spiro atoms. The Bertz CT molecular complexity index is 1180. The van der Waals surface area contributed by atoms with Crippen LogP contribution in [0.2, 0.25) is 0 Å². The minimum absolute atomic E-state index is 0.0771. The maximum atomic E-state index is 14.0. The number of ether oxygens (including phenoxy) is 1. The van der Waals surface area contributed by atoms with Gasteiger partial charge in [0.2, 0.25) is 5.91 Å². The summed E-state index contributed by atoms with van der Waals surface area (Å²) >= 11 is 1.30. The van der Waals surface area contributed by atoms with Gasteiger partial charge in [0.15, 0.2) is 10.8 Å². The fourth-order valence-electron chi connectivity index (χ4n) is 3.99. The van der Waals surface area contributed by atoms with E-state index in [9.17, 15) is 14.0 Å². The van der Waals surface area contributed by atoms with Gasteiger partial charge in [0.05, 0.1) is 18.9 Å². The predicted molar refractivity (Wildman–Crippen MR) is 120 cm³/mol. The fourth-order valence-corrected chi connectivity index (χ4v) is 5.01. The number of piperazine rings is 1.